The number of thiophene rings is 1. The van der Waals surface area contributed by atoms with Gasteiger partial charge in [-0.15, -0.1) is 11.3 Å². The predicted molar refractivity (Wildman–Crippen MR) is 105 cm³/mol. The van der Waals surface area contributed by atoms with Gasteiger partial charge in [0.05, 0.1) is 10.6 Å². The fourth-order valence-corrected chi connectivity index (χ4v) is 3.82. The lowest BCUT2D eigenvalue weighted by molar-refractivity contribution is 0.102. The van der Waals surface area contributed by atoms with Gasteiger partial charge in [0.15, 0.2) is 0 Å². The number of amides is 1. The number of anilines is 1. The molecular weight excluding hydrogens is 346 g/mol. The average Bonchev–Trinajstić information content (AvgIpc) is 3.13. The molecule has 2 heterocycles. The first kappa shape index (κ1) is 18.2. The predicted octanol–water partition coefficient (Wildman–Crippen LogP) is 4.55. The number of benzene rings is 1. The molecule has 136 valence electrons. The summed E-state index contributed by atoms with van der Waals surface area (Å²) in [4.78, 5) is 13.1. The smallest absolute Gasteiger partial charge is 0.266 e. The summed E-state index contributed by atoms with van der Waals surface area (Å²) in [7, 11) is 1.81. The van der Waals surface area contributed by atoms with Gasteiger partial charge in [-0.1, -0.05) is 17.7 Å². The number of carbonyl (C=O) groups is 1. The number of hydrogen-bond donors (Lipinski definition) is 1. The monoisotopic (exact) mass is 369 g/mol. The van der Waals surface area contributed by atoms with Crippen molar-refractivity contribution in [1.29, 1.82) is 0 Å². The van der Waals surface area contributed by atoms with Gasteiger partial charge in [-0.3, -0.25) is 9.48 Å². The fourth-order valence-electron chi connectivity index (χ4n) is 3.03. The Kier molecular flexibility index (Phi) is 5.13. The van der Waals surface area contributed by atoms with Crippen molar-refractivity contribution in [3.05, 3.63) is 62.5 Å². The Labute approximate surface area is 157 Å². The van der Waals surface area contributed by atoms with Gasteiger partial charge < -0.3 is 10.1 Å². The van der Waals surface area contributed by atoms with E-state index in [1.54, 1.807) is 4.68 Å². The lowest BCUT2D eigenvalue weighted by Gasteiger charge is -2.12. The summed E-state index contributed by atoms with van der Waals surface area (Å²) in [5, 5.41) is 9.08. The molecule has 6 heteroatoms. The van der Waals surface area contributed by atoms with Gasteiger partial charge in [0, 0.05) is 18.7 Å². The van der Waals surface area contributed by atoms with Crippen LogP contribution in [0.25, 0.3) is 0 Å². The molecule has 0 fully saturated rings. The molecule has 1 amide bonds. The van der Waals surface area contributed by atoms with Crippen LogP contribution in [0.1, 0.15) is 37.6 Å². The van der Waals surface area contributed by atoms with E-state index in [0.29, 0.717) is 17.3 Å². The second-order valence-corrected chi connectivity index (χ2v) is 7.50. The van der Waals surface area contributed by atoms with Crippen LogP contribution in [0, 0.1) is 27.7 Å². The molecule has 0 spiro atoms. The lowest BCUT2D eigenvalue weighted by Crippen LogP contribution is -2.13. The lowest BCUT2D eigenvalue weighted by atomic mass is 10.1. The summed E-state index contributed by atoms with van der Waals surface area (Å²) >= 11 is 1.41. The van der Waals surface area contributed by atoms with Crippen molar-refractivity contribution in [2.75, 3.05) is 5.32 Å². The molecular formula is C20H23N3O2S. The van der Waals surface area contributed by atoms with E-state index in [9.17, 15) is 4.79 Å². The van der Waals surface area contributed by atoms with E-state index in [4.69, 9.17) is 4.74 Å². The van der Waals surface area contributed by atoms with Crippen LogP contribution in [0.3, 0.4) is 0 Å². The fraction of sp³-hybridized carbons (Fsp3) is 0.300. The molecule has 0 aliphatic carbocycles. The van der Waals surface area contributed by atoms with E-state index in [1.807, 2.05) is 31.5 Å². The molecule has 3 rings (SSSR count). The summed E-state index contributed by atoms with van der Waals surface area (Å²) in [6.45, 7) is 8.53. The molecule has 1 aromatic carbocycles. The Morgan fingerprint density at radius 2 is 1.85 bits per heavy atom. The Bertz CT molecular complexity index is 933. The summed E-state index contributed by atoms with van der Waals surface area (Å²) < 4.78 is 7.66. The molecule has 0 aliphatic heterocycles. The summed E-state index contributed by atoms with van der Waals surface area (Å²) in [5.74, 6) is 1.47. The van der Waals surface area contributed by atoms with Crippen molar-refractivity contribution in [3.63, 3.8) is 0 Å². The van der Waals surface area contributed by atoms with Gasteiger partial charge in [0.1, 0.15) is 18.2 Å². The topological polar surface area (TPSA) is 56.1 Å². The number of nitrogens with zero attached hydrogens (tertiary/aromatic N) is 2. The van der Waals surface area contributed by atoms with Crippen LogP contribution < -0.4 is 10.1 Å². The molecule has 3 aromatic rings. The highest BCUT2D eigenvalue weighted by Gasteiger charge is 2.13. The first-order valence-corrected chi connectivity index (χ1v) is 9.31. The summed E-state index contributed by atoms with van der Waals surface area (Å²) in [6, 6.07) is 7.95. The minimum atomic E-state index is -0.132. The number of aromatic nitrogens is 2. The van der Waals surface area contributed by atoms with E-state index in [-0.39, 0.29) is 5.91 Å². The van der Waals surface area contributed by atoms with Crippen molar-refractivity contribution in [2.45, 2.75) is 34.3 Å². The first-order valence-electron chi connectivity index (χ1n) is 8.43. The van der Waals surface area contributed by atoms with Gasteiger partial charge in [0.2, 0.25) is 0 Å². The van der Waals surface area contributed by atoms with Crippen LogP contribution in [0.15, 0.2) is 29.6 Å². The molecule has 1 N–H and O–H groups in total. The number of hydrogen-bond acceptors (Lipinski definition) is 4. The van der Waals surface area contributed by atoms with E-state index in [1.165, 1.54) is 16.9 Å². The van der Waals surface area contributed by atoms with Crippen LogP contribution >= 0.6 is 11.3 Å². The zero-order valence-corrected chi connectivity index (χ0v) is 16.5. The van der Waals surface area contributed by atoms with Crippen LogP contribution in [0.2, 0.25) is 0 Å². The number of ether oxygens (including phenoxy) is 1. The Morgan fingerprint density at radius 1 is 1.15 bits per heavy atom. The standard InChI is InChI=1S/C20H23N3O2S/c1-12-6-13(2)19(14(3)7-12)25-10-16-9-17(26-11-16)20(24)21-18-8-15(4)22-23(18)5/h6-9,11H,10H2,1-5H3,(H,21,24). The van der Waals surface area contributed by atoms with Crippen molar-refractivity contribution >= 4 is 23.1 Å². The molecule has 0 atom stereocenters. The second-order valence-electron chi connectivity index (χ2n) is 6.58. The third kappa shape index (κ3) is 3.96. The molecule has 0 radical (unpaired) electrons. The maximum Gasteiger partial charge on any atom is 0.266 e. The van der Waals surface area contributed by atoms with Crippen molar-refractivity contribution in [1.82, 2.24) is 9.78 Å². The molecule has 5 nitrogen and oxygen atoms in total. The van der Waals surface area contributed by atoms with E-state index in [2.05, 4.69) is 43.3 Å². The van der Waals surface area contributed by atoms with Gasteiger partial charge >= 0.3 is 0 Å². The Morgan fingerprint density at radius 3 is 2.46 bits per heavy atom. The van der Waals surface area contributed by atoms with E-state index in [0.717, 1.165) is 28.1 Å². The van der Waals surface area contributed by atoms with Crippen LogP contribution in [-0.4, -0.2) is 15.7 Å². The highest BCUT2D eigenvalue weighted by atomic mass is 32.1. The molecule has 0 aliphatic rings. The molecule has 0 unspecified atom stereocenters. The SMILES string of the molecule is Cc1cc(C)c(OCc2csc(C(=O)Nc3cc(C)nn3C)c2)c(C)c1. The third-order valence-electron chi connectivity index (χ3n) is 4.11. The van der Waals surface area contributed by atoms with E-state index >= 15 is 0 Å². The quantitative estimate of drug-likeness (QED) is 0.718. The number of nitrogens with one attached hydrogen (secondary N) is 1. The van der Waals surface area contributed by atoms with E-state index < -0.39 is 0 Å². The minimum Gasteiger partial charge on any atom is -0.488 e. The van der Waals surface area contributed by atoms with Crippen LogP contribution in [0.4, 0.5) is 5.82 Å². The largest absolute Gasteiger partial charge is 0.488 e. The van der Waals surface area contributed by atoms with Crippen molar-refractivity contribution in [3.8, 4) is 5.75 Å². The molecule has 26 heavy (non-hydrogen) atoms. The zero-order valence-electron chi connectivity index (χ0n) is 15.7. The van der Waals surface area contributed by atoms with Crippen LogP contribution in [-0.2, 0) is 13.7 Å². The average molecular weight is 369 g/mol. The van der Waals surface area contributed by atoms with Gasteiger partial charge in [0.25, 0.3) is 5.91 Å². The van der Waals surface area contributed by atoms with Crippen LogP contribution in [0.5, 0.6) is 5.75 Å². The van der Waals surface area contributed by atoms with Gasteiger partial charge in [-0.25, -0.2) is 0 Å². The summed E-state index contributed by atoms with van der Waals surface area (Å²) in [5.41, 5.74) is 5.34. The van der Waals surface area contributed by atoms with Crippen molar-refractivity contribution < 1.29 is 9.53 Å². The minimum absolute atomic E-state index is 0.132. The summed E-state index contributed by atoms with van der Waals surface area (Å²) in [6.07, 6.45) is 0. The number of aryl methyl sites for hydroxylation is 5. The van der Waals surface area contributed by atoms with Gasteiger partial charge in [-0.2, -0.15) is 5.10 Å². The van der Waals surface area contributed by atoms with Gasteiger partial charge in [-0.05, 0) is 50.3 Å². The highest BCUT2D eigenvalue weighted by Crippen LogP contribution is 2.26. The second kappa shape index (κ2) is 7.33. The number of carbonyl (C=O) groups excluding carboxylic acids is 1. The zero-order chi connectivity index (χ0) is 18.8. The normalized spacial score (nSPS) is 10.8. The maximum atomic E-state index is 12.4. The first-order chi connectivity index (χ1) is 12.3. The molecule has 2 aromatic heterocycles. The Hall–Kier alpha value is -2.60. The molecule has 0 saturated heterocycles. The molecule has 0 bridgehead atoms. The number of rotatable bonds is 5. The van der Waals surface area contributed by atoms with Crippen molar-refractivity contribution in [2.24, 2.45) is 7.05 Å². The molecule has 0 saturated carbocycles. The maximum absolute atomic E-state index is 12.4. The highest BCUT2D eigenvalue weighted by molar-refractivity contribution is 7.12. The Balaban J connectivity index is 1.66. The third-order valence-corrected chi connectivity index (χ3v) is 5.09.